The first kappa shape index (κ1) is 13.9. The number of hydrogen-bond donors (Lipinski definition) is 1. The van der Waals surface area contributed by atoms with E-state index in [0.717, 1.165) is 35.8 Å². The molecule has 1 aliphatic carbocycles. The van der Waals surface area contributed by atoms with Gasteiger partial charge in [-0.1, -0.05) is 43.4 Å². The highest BCUT2D eigenvalue weighted by Gasteiger charge is 2.20. The Morgan fingerprint density at radius 3 is 2.56 bits per heavy atom. The molecule has 1 aliphatic rings. The average Bonchev–Trinajstić information content (AvgIpc) is 2.63. The molecule has 98 valence electrons. The van der Waals surface area contributed by atoms with Crippen LogP contribution in [0.2, 0.25) is 5.02 Å². The molecule has 1 fully saturated rings. The molecule has 0 saturated heterocycles. The van der Waals surface area contributed by atoms with Gasteiger partial charge in [-0.15, -0.1) is 0 Å². The second kappa shape index (κ2) is 6.58. The molecule has 2 rings (SSSR count). The van der Waals surface area contributed by atoms with Crippen molar-refractivity contribution < 1.29 is 4.79 Å². The zero-order valence-corrected chi connectivity index (χ0v) is 12.6. The molecular formula is C14H17BrClNO. The van der Waals surface area contributed by atoms with Gasteiger partial charge in [-0.25, -0.2) is 0 Å². The number of carbonyl (C=O) groups is 1. The van der Waals surface area contributed by atoms with Crippen molar-refractivity contribution in [2.45, 2.75) is 38.5 Å². The zero-order chi connectivity index (χ0) is 13.0. The maximum atomic E-state index is 12.2. The fourth-order valence-electron chi connectivity index (χ4n) is 2.38. The third kappa shape index (κ3) is 3.48. The summed E-state index contributed by atoms with van der Waals surface area (Å²) in [6.07, 6.45) is 6.84. The Labute approximate surface area is 121 Å². The Morgan fingerprint density at radius 1 is 1.22 bits per heavy atom. The van der Waals surface area contributed by atoms with Gasteiger partial charge in [0.25, 0.3) is 0 Å². The fraction of sp³-hybridized carbons (Fsp3) is 0.500. The standard InChI is InChI=1S/C14H17BrClNO/c15-13-11(16)8-5-9-12(13)17-14(18)10-6-3-1-2-4-7-10/h5,8-10H,1-4,6-7H2,(H,17,18). The van der Waals surface area contributed by atoms with Crippen LogP contribution < -0.4 is 5.32 Å². The summed E-state index contributed by atoms with van der Waals surface area (Å²) < 4.78 is 0.758. The van der Waals surface area contributed by atoms with Gasteiger partial charge in [0.2, 0.25) is 5.91 Å². The molecule has 0 aliphatic heterocycles. The molecular weight excluding hydrogens is 314 g/mol. The maximum Gasteiger partial charge on any atom is 0.227 e. The number of rotatable bonds is 2. The molecule has 1 saturated carbocycles. The number of anilines is 1. The summed E-state index contributed by atoms with van der Waals surface area (Å²) in [7, 11) is 0. The van der Waals surface area contributed by atoms with Crippen LogP contribution in [0.5, 0.6) is 0 Å². The number of amides is 1. The Balaban J connectivity index is 2.03. The first-order valence-corrected chi connectivity index (χ1v) is 7.60. The van der Waals surface area contributed by atoms with Gasteiger partial charge < -0.3 is 5.32 Å². The highest BCUT2D eigenvalue weighted by atomic mass is 79.9. The largest absolute Gasteiger partial charge is 0.325 e. The van der Waals surface area contributed by atoms with Crippen LogP contribution in [0.1, 0.15) is 38.5 Å². The van der Waals surface area contributed by atoms with Gasteiger partial charge in [0.05, 0.1) is 15.2 Å². The van der Waals surface area contributed by atoms with E-state index in [4.69, 9.17) is 11.6 Å². The van der Waals surface area contributed by atoms with Gasteiger partial charge in [-0.2, -0.15) is 0 Å². The van der Waals surface area contributed by atoms with Crippen molar-refractivity contribution in [1.29, 1.82) is 0 Å². The van der Waals surface area contributed by atoms with Gasteiger partial charge in [0.1, 0.15) is 0 Å². The van der Waals surface area contributed by atoms with E-state index >= 15 is 0 Å². The summed E-state index contributed by atoms with van der Waals surface area (Å²) in [6, 6.07) is 5.51. The number of carbonyl (C=O) groups excluding carboxylic acids is 1. The third-order valence-electron chi connectivity index (χ3n) is 3.44. The fourth-order valence-corrected chi connectivity index (χ4v) is 2.91. The summed E-state index contributed by atoms with van der Waals surface area (Å²) in [5.74, 6) is 0.276. The second-order valence-electron chi connectivity index (χ2n) is 4.78. The molecule has 1 amide bonds. The Kier molecular flexibility index (Phi) is 5.07. The van der Waals surface area contributed by atoms with Crippen LogP contribution in [-0.4, -0.2) is 5.91 Å². The van der Waals surface area contributed by atoms with Crippen molar-refractivity contribution in [3.05, 3.63) is 27.7 Å². The van der Waals surface area contributed by atoms with Gasteiger partial charge in [0, 0.05) is 5.92 Å². The lowest BCUT2D eigenvalue weighted by atomic mass is 9.99. The van der Waals surface area contributed by atoms with E-state index in [1.165, 1.54) is 12.8 Å². The van der Waals surface area contributed by atoms with Crippen LogP contribution in [0, 0.1) is 5.92 Å². The number of halogens is 2. The normalized spacial score (nSPS) is 17.2. The molecule has 1 aromatic carbocycles. The van der Waals surface area contributed by atoms with Crippen molar-refractivity contribution in [2.75, 3.05) is 5.32 Å². The predicted octanol–water partition coefficient (Wildman–Crippen LogP) is 5.01. The molecule has 0 unspecified atom stereocenters. The molecule has 0 radical (unpaired) electrons. The maximum absolute atomic E-state index is 12.2. The summed E-state index contributed by atoms with van der Waals surface area (Å²) in [6.45, 7) is 0. The number of benzene rings is 1. The molecule has 2 nitrogen and oxygen atoms in total. The lowest BCUT2D eigenvalue weighted by Crippen LogP contribution is -2.22. The molecule has 0 spiro atoms. The minimum Gasteiger partial charge on any atom is -0.325 e. The SMILES string of the molecule is O=C(Nc1cccc(Cl)c1Br)C1CCCCCC1. The Hall–Kier alpha value is -0.540. The lowest BCUT2D eigenvalue weighted by molar-refractivity contribution is -0.120. The van der Waals surface area contributed by atoms with E-state index in [1.54, 1.807) is 6.07 Å². The van der Waals surface area contributed by atoms with E-state index in [1.807, 2.05) is 12.1 Å². The van der Waals surface area contributed by atoms with Crippen LogP contribution in [0.15, 0.2) is 22.7 Å². The highest BCUT2D eigenvalue weighted by Crippen LogP contribution is 2.31. The highest BCUT2D eigenvalue weighted by molar-refractivity contribution is 9.10. The first-order chi connectivity index (χ1) is 8.68. The van der Waals surface area contributed by atoms with E-state index in [9.17, 15) is 4.79 Å². The molecule has 18 heavy (non-hydrogen) atoms. The van der Waals surface area contributed by atoms with Crippen LogP contribution in [0.3, 0.4) is 0 Å². The average molecular weight is 331 g/mol. The van der Waals surface area contributed by atoms with Crippen LogP contribution >= 0.6 is 27.5 Å². The Morgan fingerprint density at radius 2 is 1.89 bits per heavy atom. The van der Waals surface area contributed by atoms with E-state index in [2.05, 4.69) is 21.2 Å². The van der Waals surface area contributed by atoms with E-state index < -0.39 is 0 Å². The topological polar surface area (TPSA) is 29.1 Å². The van der Waals surface area contributed by atoms with Crippen molar-refractivity contribution in [1.82, 2.24) is 0 Å². The smallest absolute Gasteiger partial charge is 0.227 e. The summed E-state index contributed by atoms with van der Waals surface area (Å²) >= 11 is 9.41. The lowest BCUT2D eigenvalue weighted by Gasteiger charge is -2.15. The molecule has 0 heterocycles. The summed E-state index contributed by atoms with van der Waals surface area (Å²) in [5, 5.41) is 3.60. The predicted molar refractivity (Wildman–Crippen MR) is 79.0 cm³/mol. The quantitative estimate of drug-likeness (QED) is 0.759. The molecule has 1 aromatic rings. The first-order valence-electron chi connectivity index (χ1n) is 6.43. The Bertz CT molecular complexity index is 428. The monoisotopic (exact) mass is 329 g/mol. The molecule has 1 N–H and O–H groups in total. The third-order valence-corrected chi connectivity index (χ3v) is 4.83. The van der Waals surface area contributed by atoms with Crippen molar-refractivity contribution >= 4 is 39.1 Å². The zero-order valence-electron chi connectivity index (χ0n) is 10.2. The number of nitrogens with one attached hydrogen (secondary N) is 1. The minimum absolute atomic E-state index is 0.125. The van der Waals surface area contributed by atoms with Crippen molar-refractivity contribution in [3.8, 4) is 0 Å². The van der Waals surface area contributed by atoms with Gasteiger partial charge >= 0.3 is 0 Å². The van der Waals surface area contributed by atoms with Gasteiger partial charge in [-0.05, 0) is 40.9 Å². The van der Waals surface area contributed by atoms with Gasteiger partial charge in [-0.3, -0.25) is 4.79 Å². The van der Waals surface area contributed by atoms with Crippen LogP contribution in [-0.2, 0) is 4.79 Å². The van der Waals surface area contributed by atoms with E-state index in [-0.39, 0.29) is 11.8 Å². The molecule has 4 heteroatoms. The summed E-state index contributed by atoms with van der Waals surface area (Å²) in [4.78, 5) is 12.2. The van der Waals surface area contributed by atoms with Crippen LogP contribution in [0.25, 0.3) is 0 Å². The van der Waals surface area contributed by atoms with Crippen molar-refractivity contribution in [3.63, 3.8) is 0 Å². The van der Waals surface area contributed by atoms with Gasteiger partial charge in [0.15, 0.2) is 0 Å². The van der Waals surface area contributed by atoms with Crippen molar-refractivity contribution in [2.24, 2.45) is 5.92 Å². The second-order valence-corrected chi connectivity index (χ2v) is 5.98. The minimum atomic E-state index is 0.125. The van der Waals surface area contributed by atoms with Crippen LogP contribution in [0.4, 0.5) is 5.69 Å². The number of hydrogen-bond acceptors (Lipinski definition) is 1. The van der Waals surface area contributed by atoms with E-state index in [0.29, 0.717) is 5.02 Å². The molecule has 0 aromatic heterocycles. The summed E-state index contributed by atoms with van der Waals surface area (Å²) in [5.41, 5.74) is 0.761. The molecule has 0 bridgehead atoms. The molecule has 0 atom stereocenters.